The van der Waals surface area contributed by atoms with Crippen molar-refractivity contribution in [2.45, 2.75) is 25.8 Å². The average Bonchev–Trinajstić information content (AvgIpc) is 3.07. The highest BCUT2D eigenvalue weighted by Crippen LogP contribution is 2.28. The van der Waals surface area contributed by atoms with Gasteiger partial charge in [-0.2, -0.15) is 0 Å². The molecule has 22 heavy (non-hydrogen) atoms. The van der Waals surface area contributed by atoms with Gasteiger partial charge in [-0.3, -0.25) is 4.79 Å². The number of aromatic nitrogens is 1. The van der Waals surface area contributed by atoms with Crippen LogP contribution in [0.2, 0.25) is 0 Å². The number of likely N-dealkylation sites (tertiary alicyclic amines) is 1. The van der Waals surface area contributed by atoms with Gasteiger partial charge in [-0.05, 0) is 31.9 Å². The van der Waals surface area contributed by atoms with Crippen LogP contribution in [0, 0.1) is 6.92 Å². The molecule has 3 heterocycles. The van der Waals surface area contributed by atoms with Crippen molar-refractivity contribution in [3.63, 3.8) is 0 Å². The molecule has 0 spiro atoms. The molecule has 2 aromatic heterocycles. The molecule has 8 heteroatoms. The summed E-state index contributed by atoms with van der Waals surface area (Å²) in [6.45, 7) is 3.30. The summed E-state index contributed by atoms with van der Waals surface area (Å²) in [4.78, 5) is 19.7. The van der Waals surface area contributed by atoms with E-state index in [0.717, 1.165) is 29.3 Å². The fourth-order valence-corrected chi connectivity index (χ4v) is 3.32. The minimum Gasteiger partial charge on any atom is -0.462 e. The maximum atomic E-state index is 12.5. The molecule has 0 saturated carbocycles. The Morgan fingerprint density at radius 2 is 2.27 bits per heavy atom. The zero-order valence-corrected chi connectivity index (χ0v) is 14.6. The molecule has 3 rings (SSSR count). The maximum Gasteiger partial charge on any atom is 0.273 e. The van der Waals surface area contributed by atoms with Crippen molar-refractivity contribution in [2.24, 2.45) is 5.73 Å². The highest BCUT2D eigenvalue weighted by Gasteiger charge is 2.26. The predicted octanol–water partition coefficient (Wildman–Crippen LogP) is 3.12. The molecule has 0 aliphatic carbocycles. The lowest BCUT2D eigenvalue weighted by atomic mass is 10.1. The van der Waals surface area contributed by atoms with Crippen LogP contribution >= 0.6 is 36.2 Å². The van der Waals surface area contributed by atoms with Crippen LogP contribution in [0.15, 0.2) is 22.8 Å². The molecular weight excluding hydrogens is 345 g/mol. The highest BCUT2D eigenvalue weighted by molar-refractivity contribution is 7.15. The minimum absolute atomic E-state index is 0. The Balaban J connectivity index is 0.00000121. The summed E-state index contributed by atoms with van der Waals surface area (Å²) in [6.07, 6.45) is 3.55. The van der Waals surface area contributed by atoms with Gasteiger partial charge in [0, 0.05) is 24.0 Å². The number of nitrogens with two attached hydrogens (primary N) is 1. The van der Waals surface area contributed by atoms with Crippen LogP contribution in [0.5, 0.6) is 0 Å². The number of rotatable bonds is 2. The number of nitrogens with zero attached hydrogens (tertiary/aromatic N) is 2. The molecule has 1 aliphatic heterocycles. The largest absolute Gasteiger partial charge is 0.462 e. The summed E-state index contributed by atoms with van der Waals surface area (Å²) in [5.41, 5.74) is 6.46. The van der Waals surface area contributed by atoms with Crippen LogP contribution in [0.1, 0.15) is 28.2 Å². The van der Waals surface area contributed by atoms with Crippen LogP contribution < -0.4 is 5.73 Å². The van der Waals surface area contributed by atoms with Crippen LogP contribution in [0.3, 0.4) is 0 Å². The van der Waals surface area contributed by atoms with Gasteiger partial charge in [-0.1, -0.05) is 0 Å². The Kier molecular flexibility index (Phi) is 6.87. The summed E-state index contributed by atoms with van der Waals surface area (Å²) in [5.74, 6) is 0.680. The van der Waals surface area contributed by atoms with Crippen molar-refractivity contribution >= 4 is 42.1 Å². The number of halogens is 2. The second kappa shape index (κ2) is 7.97. The smallest absolute Gasteiger partial charge is 0.273 e. The molecule has 1 unspecified atom stereocenters. The molecule has 2 N–H and O–H groups in total. The molecule has 1 fully saturated rings. The molecular formula is C14H19Cl2N3O2S. The molecule has 5 nitrogen and oxygen atoms in total. The summed E-state index contributed by atoms with van der Waals surface area (Å²) in [5, 5.41) is 0.747. The second-order valence-corrected chi connectivity index (χ2v) is 6.26. The second-order valence-electron chi connectivity index (χ2n) is 5.05. The quantitative estimate of drug-likeness (QED) is 0.889. The van der Waals surface area contributed by atoms with Gasteiger partial charge in [-0.25, -0.2) is 4.98 Å². The standard InChI is InChI=1S/C14H17N3O2S.2ClH/c1-9-12(14(18)17-6-2-4-10(15)8-17)16-13(20-9)11-5-3-7-19-11;;/h3,5,7,10H,2,4,6,8,15H2,1H3;2*1H. The summed E-state index contributed by atoms with van der Waals surface area (Å²) < 4.78 is 5.33. The zero-order chi connectivity index (χ0) is 14.1. The van der Waals surface area contributed by atoms with Crippen molar-refractivity contribution in [3.05, 3.63) is 29.0 Å². The fourth-order valence-electron chi connectivity index (χ4n) is 2.44. The van der Waals surface area contributed by atoms with Crippen LogP contribution in [-0.4, -0.2) is 34.9 Å². The first-order chi connectivity index (χ1) is 9.65. The number of carbonyl (C=O) groups is 1. The maximum absolute atomic E-state index is 12.5. The number of aryl methyl sites for hydroxylation is 1. The fraction of sp³-hybridized carbons (Fsp3) is 0.429. The van der Waals surface area contributed by atoms with Gasteiger partial charge >= 0.3 is 0 Å². The molecule has 1 atom stereocenters. The van der Waals surface area contributed by atoms with E-state index in [2.05, 4.69) is 4.98 Å². The van der Waals surface area contributed by atoms with E-state index in [-0.39, 0.29) is 36.8 Å². The molecule has 0 radical (unpaired) electrons. The Morgan fingerprint density at radius 1 is 1.50 bits per heavy atom. The Morgan fingerprint density at radius 3 is 2.91 bits per heavy atom. The van der Waals surface area contributed by atoms with Gasteiger partial charge in [-0.15, -0.1) is 36.2 Å². The number of piperidine rings is 1. The lowest BCUT2D eigenvalue weighted by Gasteiger charge is -2.30. The number of furan rings is 1. The monoisotopic (exact) mass is 363 g/mol. The van der Waals surface area contributed by atoms with Gasteiger partial charge < -0.3 is 15.1 Å². The lowest BCUT2D eigenvalue weighted by molar-refractivity contribution is 0.0703. The molecule has 0 aromatic carbocycles. The third kappa shape index (κ3) is 3.81. The Hall–Kier alpha value is -1.08. The molecule has 1 saturated heterocycles. The number of carbonyl (C=O) groups excluding carboxylic acids is 1. The predicted molar refractivity (Wildman–Crippen MR) is 92.2 cm³/mol. The van der Waals surface area contributed by atoms with Crippen molar-refractivity contribution < 1.29 is 9.21 Å². The van der Waals surface area contributed by atoms with E-state index in [1.54, 1.807) is 6.26 Å². The van der Waals surface area contributed by atoms with Crippen molar-refractivity contribution in [2.75, 3.05) is 13.1 Å². The van der Waals surface area contributed by atoms with E-state index in [1.165, 1.54) is 11.3 Å². The third-order valence-electron chi connectivity index (χ3n) is 3.48. The van der Waals surface area contributed by atoms with E-state index >= 15 is 0 Å². The Bertz CT molecular complexity index is 616. The average molecular weight is 364 g/mol. The first-order valence-electron chi connectivity index (χ1n) is 6.71. The van der Waals surface area contributed by atoms with Gasteiger partial charge in [0.05, 0.1) is 6.26 Å². The molecule has 0 bridgehead atoms. The summed E-state index contributed by atoms with van der Waals surface area (Å²) in [6, 6.07) is 3.75. The Labute approximate surface area is 145 Å². The van der Waals surface area contributed by atoms with E-state index in [1.807, 2.05) is 24.0 Å². The zero-order valence-electron chi connectivity index (χ0n) is 12.2. The van der Waals surface area contributed by atoms with Crippen molar-refractivity contribution in [1.82, 2.24) is 9.88 Å². The van der Waals surface area contributed by atoms with Crippen LogP contribution in [0.25, 0.3) is 10.8 Å². The van der Waals surface area contributed by atoms with E-state index in [0.29, 0.717) is 18.0 Å². The summed E-state index contributed by atoms with van der Waals surface area (Å²) in [7, 11) is 0. The van der Waals surface area contributed by atoms with Gasteiger partial charge in [0.2, 0.25) is 0 Å². The van der Waals surface area contributed by atoms with Gasteiger partial charge in [0.1, 0.15) is 5.69 Å². The van der Waals surface area contributed by atoms with Gasteiger partial charge in [0.15, 0.2) is 10.8 Å². The molecule has 122 valence electrons. The SMILES string of the molecule is Cc1sc(-c2ccco2)nc1C(=O)N1CCCC(N)C1.Cl.Cl. The van der Waals surface area contributed by atoms with Gasteiger partial charge in [0.25, 0.3) is 5.91 Å². The first kappa shape index (κ1) is 19.0. The minimum atomic E-state index is -0.0216. The number of amides is 1. The number of hydrogen-bond acceptors (Lipinski definition) is 5. The summed E-state index contributed by atoms with van der Waals surface area (Å²) >= 11 is 1.48. The van der Waals surface area contributed by atoms with Crippen molar-refractivity contribution in [1.29, 1.82) is 0 Å². The number of hydrogen-bond donors (Lipinski definition) is 1. The topological polar surface area (TPSA) is 72.4 Å². The molecule has 1 amide bonds. The van der Waals surface area contributed by atoms with Crippen molar-refractivity contribution in [3.8, 4) is 10.8 Å². The normalized spacial score (nSPS) is 17.5. The van der Waals surface area contributed by atoms with Crippen LogP contribution in [-0.2, 0) is 0 Å². The third-order valence-corrected chi connectivity index (χ3v) is 4.46. The van der Waals surface area contributed by atoms with Crippen LogP contribution in [0.4, 0.5) is 0 Å². The molecule has 2 aromatic rings. The molecule has 1 aliphatic rings. The first-order valence-corrected chi connectivity index (χ1v) is 7.53. The van der Waals surface area contributed by atoms with E-state index in [4.69, 9.17) is 10.2 Å². The number of thiazole rings is 1. The lowest BCUT2D eigenvalue weighted by Crippen LogP contribution is -2.45. The van der Waals surface area contributed by atoms with E-state index in [9.17, 15) is 4.79 Å². The highest BCUT2D eigenvalue weighted by atomic mass is 35.5. The van der Waals surface area contributed by atoms with E-state index < -0.39 is 0 Å².